The molecule has 0 aliphatic heterocycles. The van der Waals surface area contributed by atoms with Gasteiger partial charge in [-0.3, -0.25) is 9.36 Å². The summed E-state index contributed by atoms with van der Waals surface area (Å²) in [5, 5.41) is 2.35. The second-order valence-corrected chi connectivity index (χ2v) is 7.59. The molecule has 0 aliphatic carbocycles. The van der Waals surface area contributed by atoms with Crippen molar-refractivity contribution in [1.82, 2.24) is 14.1 Å². The minimum Gasteiger partial charge on any atom is -0.350 e. The van der Waals surface area contributed by atoms with Gasteiger partial charge in [-0.1, -0.05) is 41.9 Å². The summed E-state index contributed by atoms with van der Waals surface area (Å²) in [6, 6.07) is 22.8. The number of para-hydroxylation sites is 2. The zero-order valence-electron chi connectivity index (χ0n) is 16.3. The van der Waals surface area contributed by atoms with Crippen LogP contribution in [0.1, 0.15) is 11.4 Å². The van der Waals surface area contributed by atoms with Crippen molar-refractivity contribution >= 4 is 45.6 Å². The Bertz CT molecular complexity index is 1480. The Morgan fingerprint density at radius 2 is 1.57 bits per heavy atom. The molecule has 30 heavy (non-hydrogen) atoms. The van der Waals surface area contributed by atoms with Crippen LogP contribution < -0.4 is 5.56 Å². The average Bonchev–Trinajstić information content (AvgIpc) is 3.09. The third-order valence-electron chi connectivity index (χ3n) is 5.23. The molecule has 0 bridgehead atoms. The lowest BCUT2D eigenvalue weighted by Crippen LogP contribution is -2.22. The molecule has 0 saturated heterocycles. The Labute approximate surface area is 178 Å². The summed E-state index contributed by atoms with van der Waals surface area (Å²) in [4.78, 5) is 18.1. The minimum absolute atomic E-state index is 0.111. The van der Waals surface area contributed by atoms with E-state index in [9.17, 15) is 4.79 Å². The lowest BCUT2D eigenvalue weighted by atomic mass is 10.1. The summed E-state index contributed by atoms with van der Waals surface area (Å²) in [5.74, 6) is 0.564. The van der Waals surface area contributed by atoms with E-state index in [0.717, 1.165) is 22.2 Å². The Balaban J connectivity index is 1.73. The third kappa shape index (κ3) is 3.11. The molecule has 3 aromatic carbocycles. The van der Waals surface area contributed by atoms with Crippen LogP contribution in [0.25, 0.3) is 39.6 Å². The Hall–Kier alpha value is -3.63. The van der Waals surface area contributed by atoms with Crippen LogP contribution in [0.4, 0.5) is 0 Å². The average molecular weight is 412 g/mol. The lowest BCUT2D eigenvalue weighted by Gasteiger charge is -2.11. The number of fused-ring (bicyclic) bond motifs is 2. The quantitative estimate of drug-likeness (QED) is 0.382. The van der Waals surface area contributed by atoms with E-state index < -0.39 is 0 Å². The molecule has 0 unspecified atom stereocenters. The van der Waals surface area contributed by atoms with E-state index in [1.165, 1.54) is 0 Å². The van der Waals surface area contributed by atoms with Crippen molar-refractivity contribution in [1.29, 1.82) is 0 Å². The second kappa shape index (κ2) is 7.32. The fraction of sp³-hybridized carbons (Fsp3) is 0.0400. The molecule has 146 valence electrons. The van der Waals surface area contributed by atoms with E-state index in [2.05, 4.69) is 22.9 Å². The van der Waals surface area contributed by atoms with E-state index in [1.807, 2.05) is 61.7 Å². The molecule has 4 nitrogen and oxygen atoms in total. The predicted octanol–water partition coefficient (Wildman–Crippen LogP) is 5.70. The highest BCUT2D eigenvalue weighted by Gasteiger charge is 2.11. The summed E-state index contributed by atoms with van der Waals surface area (Å²) in [6.45, 7) is 0. The second-order valence-electron chi connectivity index (χ2n) is 7.15. The number of halogens is 1. The molecule has 5 rings (SSSR count). The maximum atomic E-state index is 13.3. The molecule has 0 fully saturated rings. The smallest absolute Gasteiger partial charge is 0.266 e. The topological polar surface area (TPSA) is 39.8 Å². The van der Waals surface area contributed by atoms with Gasteiger partial charge in [-0.05, 0) is 54.6 Å². The van der Waals surface area contributed by atoms with Gasteiger partial charge in [-0.25, -0.2) is 4.98 Å². The number of hydrogen-bond donors (Lipinski definition) is 0. The Kier molecular flexibility index (Phi) is 4.49. The lowest BCUT2D eigenvalue weighted by molar-refractivity contribution is 0.944. The molecular weight excluding hydrogens is 394 g/mol. The van der Waals surface area contributed by atoms with Crippen LogP contribution in [0.2, 0.25) is 5.02 Å². The summed E-state index contributed by atoms with van der Waals surface area (Å²) in [7, 11) is 2.03. The first kappa shape index (κ1) is 18.4. The predicted molar refractivity (Wildman–Crippen MR) is 124 cm³/mol. The van der Waals surface area contributed by atoms with Gasteiger partial charge in [0.1, 0.15) is 5.82 Å². The molecule has 0 aliphatic rings. The fourth-order valence-electron chi connectivity index (χ4n) is 3.77. The highest BCUT2D eigenvalue weighted by atomic mass is 35.5. The standard InChI is InChI=1S/C25H18ClN3O/c1-28-16-17(20-6-3-5-9-23(20)28)10-15-24-27-22-8-4-2-7-21(22)25(30)29(24)19-13-11-18(26)12-14-19/h2-16H,1H3/b15-10+. The Morgan fingerprint density at radius 3 is 2.37 bits per heavy atom. The largest absolute Gasteiger partial charge is 0.350 e. The van der Waals surface area contributed by atoms with E-state index >= 15 is 0 Å². The zero-order chi connectivity index (χ0) is 20.7. The first-order chi connectivity index (χ1) is 14.6. The van der Waals surface area contributed by atoms with Crippen molar-refractivity contribution in [3.8, 4) is 5.69 Å². The van der Waals surface area contributed by atoms with Gasteiger partial charge in [0.25, 0.3) is 5.56 Å². The SMILES string of the molecule is Cn1cc(/C=C/c2nc3ccccc3c(=O)n2-c2ccc(Cl)cc2)c2ccccc21. The van der Waals surface area contributed by atoms with Crippen LogP contribution in [-0.4, -0.2) is 14.1 Å². The zero-order valence-corrected chi connectivity index (χ0v) is 17.0. The number of aryl methyl sites for hydroxylation is 1. The van der Waals surface area contributed by atoms with Gasteiger partial charge in [0, 0.05) is 34.7 Å². The molecule has 0 amide bonds. The van der Waals surface area contributed by atoms with Gasteiger partial charge in [0.2, 0.25) is 0 Å². The van der Waals surface area contributed by atoms with Crippen molar-refractivity contribution < 1.29 is 0 Å². The van der Waals surface area contributed by atoms with Gasteiger partial charge < -0.3 is 4.57 Å². The minimum atomic E-state index is -0.111. The van der Waals surface area contributed by atoms with E-state index in [0.29, 0.717) is 21.7 Å². The number of aromatic nitrogens is 3. The summed E-state index contributed by atoms with van der Waals surface area (Å²) < 4.78 is 3.72. The molecule has 5 heteroatoms. The van der Waals surface area contributed by atoms with Gasteiger partial charge in [0.05, 0.1) is 16.6 Å². The Morgan fingerprint density at radius 1 is 0.867 bits per heavy atom. The molecule has 0 spiro atoms. The number of rotatable bonds is 3. The van der Waals surface area contributed by atoms with Crippen LogP contribution in [0.5, 0.6) is 0 Å². The van der Waals surface area contributed by atoms with Crippen LogP contribution in [-0.2, 0) is 7.05 Å². The highest BCUT2D eigenvalue weighted by Crippen LogP contribution is 2.23. The summed E-state index contributed by atoms with van der Waals surface area (Å²) in [6.07, 6.45) is 5.97. The van der Waals surface area contributed by atoms with Crippen LogP contribution in [0.3, 0.4) is 0 Å². The maximum Gasteiger partial charge on any atom is 0.266 e. The van der Waals surface area contributed by atoms with Crippen molar-refractivity contribution in [2.75, 3.05) is 0 Å². The van der Waals surface area contributed by atoms with Crippen molar-refractivity contribution in [2.45, 2.75) is 0 Å². The monoisotopic (exact) mass is 411 g/mol. The number of nitrogens with zero attached hydrogens (tertiary/aromatic N) is 3. The highest BCUT2D eigenvalue weighted by molar-refractivity contribution is 6.30. The van der Waals surface area contributed by atoms with E-state index in [4.69, 9.17) is 16.6 Å². The molecule has 5 aromatic rings. The van der Waals surface area contributed by atoms with Gasteiger partial charge in [-0.15, -0.1) is 0 Å². The van der Waals surface area contributed by atoms with Crippen LogP contribution in [0, 0.1) is 0 Å². The summed E-state index contributed by atoms with van der Waals surface area (Å²) >= 11 is 6.05. The first-order valence-corrected chi connectivity index (χ1v) is 9.99. The number of benzene rings is 3. The molecule has 0 N–H and O–H groups in total. The molecule has 0 radical (unpaired) electrons. The molecule has 2 heterocycles. The number of hydrogen-bond acceptors (Lipinski definition) is 2. The van der Waals surface area contributed by atoms with Crippen molar-refractivity contribution in [2.24, 2.45) is 7.05 Å². The summed E-state index contributed by atoms with van der Waals surface area (Å²) in [5.41, 5.74) is 3.50. The first-order valence-electron chi connectivity index (χ1n) is 9.62. The molecule has 0 saturated carbocycles. The fourth-order valence-corrected chi connectivity index (χ4v) is 3.90. The third-order valence-corrected chi connectivity index (χ3v) is 5.48. The van der Waals surface area contributed by atoms with Crippen LogP contribution >= 0.6 is 11.6 Å². The molecular formula is C25H18ClN3O. The molecule has 2 aromatic heterocycles. The van der Waals surface area contributed by atoms with E-state index in [-0.39, 0.29) is 5.56 Å². The van der Waals surface area contributed by atoms with Gasteiger partial charge in [-0.2, -0.15) is 0 Å². The van der Waals surface area contributed by atoms with Crippen molar-refractivity contribution in [3.05, 3.63) is 106 Å². The van der Waals surface area contributed by atoms with Gasteiger partial charge in [0.15, 0.2) is 0 Å². The van der Waals surface area contributed by atoms with Gasteiger partial charge >= 0.3 is 0 Å². The van der Waals surface area contributed by atoms with E-state index in [1.54, 1.807) is 22.8 Å². The molecule has 0 atom stereocenters. The van der Waals surface area contributed by atoms with Crippen molar-refractivity contribution in [3.63, 3.8) is 0 Å². The maximum absolute atomic E-state index is 13.3. The normalized spacial score (nSPS) is 11.7. The van der Waals surface area contributed by atoms with Crippen LogP contribution in [0.15, 0.2) is 83.8 Å².